The molecule has 1 aromatic heterocycles. The van der Waals surface area contributed by atoms with Crippen molar-refractivity contribution in [2.24, 2.45) is 0 Å². The van der Waals surface area contributed by atoms with Gasteiger partial charge in [0.25, 0.3) is 0 Å². The molecule has 4 rings (SSSR count). The molecule has 1 aliphatic heterocycles. The van der Waals surface area contributed by atoms with Gasteiger partial charge in [0.1, 0.15) is 17.6 Å². The van der Waals surface area contributed by atoms with Crippen LogP contribution in [-0.4, -0.2) is 13.9 Å². The summed E-state index contributed by atoms with van der Waals surface area (Å²) in [5, 5.41) is 0.544. The number of ether oxygens (including phenoxy) is 3. The van der Waals surface area contributed by atoms with E-state index in [2.05, 4.69) is 0 Å². The normalized spacial score (nSPS) is 12.6. The summed E-state index contributed by atoms with van der Waals surface area (Å²) in [7, 11) is 1.61. The van der Waals surface area contributed by atoms with Crippen LogP contribution in [0.25, 0.3) is 22.1 Å². The van der Waals surface area contributed by atoms with Crippen LogP contribution in [0.3, 0.4) is 0 Å². The Kier molecular flexibility index (Phi) is 3.41. The second-order valence-corrected chi connectivity index (χ2v) is 5.56. The lowest BCUT2D eigenvalue weighted by Gasteiger charge is -2.09. The van der Waals surface area contributed by atoms with Crippen molar-refractivity contribution in [2.45, 2.75) is 13.3 Å². The average molecular weight is 324 g/mol. The van der Waals surface area contributed by atoms with Crippen LogP contribution in [0.15, 0.2) is 45.8 Å². The van der Waals surface area contributed by atoms with Gasteiger partial charge in [-0.2, -0.15) is 0 Å². The average Bonchev–Trinajstić information content (AvgIpc) is 3.08. The first kappa shape index (κ1) is 14.6. The summed E-state index contributed by atoms with van der Waals surface area (Å²) in [5.41, 5.74) is 2.64. The highest BCUT2D eigenvalue weighted by Gasteiger charge is 2.17. The Morgan fingerprint density at radius 2 is 1.96 bits per heavy atom. The van der Waals surface area contributed by atoms with Crippen LogP contribution in [0.1, 0.15) is 12.5 Å². The lowest BCUT2D eigenvalue weighted by atomic mass is 10.0. The van der Waals surface area contributed by atoms with Crippen molar-refractivity contribution in [3.05, 3.63) is 52.4 Å². The van der Waals surface area contributed by atoms with Crippen LogP contribution in [-0.2, 0) is 6.42 Å². The first-order chi connectivity index (χ1) is 11.7. The summed E-state index contributed by atoms with van der Waals surface area (Å²) in [6.45, 7) is 2.22. The fourth-order valence-corrected chi connectivity index (χ4v) is 2.93. The molecule has 3 aromatic rings. The standard InChI is InChI=1S/C19H16O5/c1-3-11-6-13-17(8-16(11)21-2)22-9-14(19(13)20)12-4-5-15-18(7-12)24-10-23-15/h4-9H,3,10H2,1-2H3. The molecule has 0 bridgehead atoms. The monoisotopic (exact) mass is 324 g/mol. The molecule has 0 N–H and O–H groups in total. The van der Waals surface area contributed by atoms with Gasteiger partial charge in [0.15, 0.2) is 11.5 Å². The molecule has 1 aliphatic rings. The zero-order chi connectivity index (χ0) is 16.7. The Morgan fingerprint density at radius 3 is 2.75 bits per heavy atom. The third-order valence-corrected chi connectivity index (χ3v) is 4.24. The smallest absolute Gasteiger partial charge is 0.231 e. The third-order valence-electron chi connectivity index (χ3n) is 4.24. The topological polar surface area (TPSA) is 57.9 Å². The highest BCUT2D eigenvalue weighted by Crippen LogP contribution is 2.35. The van der Waals surface area contributed by atoms with Crippen LogP contribution in [0.2, 0.25) is 0 Å². The molecular weight excluding hydrogens is 308 g/mol. The maximum Gasteiger partial charge on any atom is 0.231 e. The van der Waals surface area contributed by atoms with E-state index < -0.39 is 0 Å². The minimum atomic E-state index is -0.0764. The second kappa shape index (κ2) is 5.60. The lowest BCUT2D eigenvalue weighted by Crippen LogP contribution is -2.06. The second-order valence-electron chi connectivity index (χ2n) is 5.56. The van der Waals surface area contributed by atoms with Crippen molar-refractivity contribution >= 4 is 11.0 Å². The van der Waals surface area contributed by atoms with E-state index in [-0.39, 0.29) is 12.2 Å². The molecule has 0 radical (unpaired) electrons. The maximum absolute atomic E-state index is 12.9. The first-order valence-electron chi connectivity index (χ1n) is 7.73. The molecule has 5 nitrogen and oxygen atoms in total. The number of benzene rings is 2. The molecule has 2 heterocycles. The fourth-order valence-electron chi connectivity index (χ4n) is 2.93. The largest absolute Gasteiger partial charge is 0.496 e. The molecule has 0 atom stereocenters. The van der Waals surface area contributed by atoms with Gasteiger partial charge in [-0.15, -0.1) is 0 Å². The Labute approximate surface area is 138 Å². The van der Waals surface area contributed by atoms with E-state index in [0.717, 1.165) is 23.3 Å². The third kappa shape index (κ3) is 2.21. The Morgan fingerprint density at radius 1 is 1.12 bits per heavy atom. The van der Waals surface area contributed by atoms with Gasteiger partial charge in [0, 0.05) is 6.07 Å². The van der Waals surface area contributed by atoms with Crippen molar-refractivity contribution in [2.75, 3.05) is 13.9 Å². The first-order valence-corrected chi connectivity index (χ1v) is 7.73. The summed E-state index contributed by atoms with van der Waals surface area (Å²) in [6, 6.07) is 9.03. The van der Waals surface area contributed by atoms with E-state index in [1.165, 1.54) is 6.26 Å². The van der Waals surface area contributed by atoms with Crippen LogP contribution in [0, 0.1) is 0 Å². The summed E-state index contributed by atoms with van der Waals surface area (Å²) >= 11 is 0. The van der Waals surface area contributed by atoms with Crippen LogP contribution < -0.4 is 19.6 Å². The van der Waals surface area contributed by atoms with E-state index in [1.807, 2.05) is 19.1 Å². The van der Waals surface area contributed by atoms with E-state index >= 15 is 0 Å². The molecule has 122 valence electrons. The van der Waals surface area contributed by atoms with Gasteiger partial charge < -0.3 is 18.6 Å². The van der Waals surface area contributed by atoms with Gasteiger partial charge in [-0.3, -0.25) is 4.79 Å². The van der Waals surface area contributed by atoms with Crippen LogP contribution >= 0.6 is 0 Å². The molecule has 2 aromatic carbocycles. The summed E-state index contributed by atoms with van der Waals surface area (Å²) in [6.07, 6.45) is 2.25. The Hall–Kier alpha value is -2.95. The van der Waals surface area contributed by atoms with Gasteiger partial charge in [0.2, 0.25) is 12.2 Å². The van der Waals surface area contributed by atoms with Crippen LogP contribution in [0.4, 0.5) is 0 Å². The molecular formula is C19H16O5. The van der Waals surface area contributed by atoms with E-state index in [9.17, 15) is 4.79 Å². The maximum atomic E-state index is 12.9. The van der Waals surface area contributed by atoms with E-state index in [0.29, 0.717) is 28.0 Å². The summed E-state index contributed by atoms with van der Waals surface area (Å²) in [4.78, 5) is 12.9. The Bertz CT molecular complexity index is 987. The van der Waals surface area contributed by atoms with Gasteiger partial charge >= 0.3 is 0 Å². The SMILES string of the molecule is CCc1cc2c(=O)c(-c3ccc4c(c3)OCO4)coc2cc1OC. The van der Waals surface area contributed by atoms with Crippen molar-refractivity contribution in [3.8, 4) is 28.4 Å². The summed E-state index contributed by atoms with van der Waals surface area (Å²) in [5.74, 6) is 2.04. The molecule has 0 unspecified atom stereocenters. The molecule has 5 heteroatoms. The van der Waals surface area contributed by atoms with E-state index in [1.54, 1.807) is 25.3 Å². The molecule has 24 heavy (non-hydrogen) atoms. The molecule has 0 fully saturated rings. The lowest BCUT2D eigenvalue weighted by molar-refractivity contribution is 0.174. The molecule has 0 spiro atoms. The molecule has 0 saturated heterocycles. The fraction of sp³-hybridized carbons (Fsp3) is 0.211. The molecule has 0 aliphatic carbocycles. The van der Waals surface area contributed by atoms with Gasteiger partial charge in [-0.1, -0.05) is 13.0 Å². The van der Waals surface area contributed by atoms with Crippen molar-refractivity contribution in [3.63, 3.8) is 0 Å². The van der Waals surface area contributed by atoms with Crippen molar-refractivity contribution in [1.29, 1.82) is 0 Å². The minimum Gasteiger partial charge on any atom is -0.496 e. The van der Waals surface area contributed by atoms with Gasteiger partial charge in [-0.25, -0.2) is 0 Å². The quantitative estimate of drug-likeness (QED) is 0.734. The Balaban J connectivity index is 1.91. The number of hydrogen-bond donors (Lipinski definition) is 0. The molecule has 0 saturated carbocycles. The van der Waals surface area contributed by atoms with Crippen LogP contribution in [0.5, 0.6) is 17.2 Å². The predicted octanol–water partition coefficient (Wildman–Crippen LogP) is 3.76. The van der Waals surface area contributed by atoms with Gasteiger partial charge in [0.05, 0.1) is 18.1 Å². The predicted molar refractivity (Wildman–Crippen MR) is 90.0 cm³/mol. The zero-order valence-corrected chi connectivity index (χ0v) is 13.4. The molecule has 0 amide bonds. The highest BCUT2D eigenvalue weighted by molar-refractivity contribution is 5.84. The number of rotatable bonds is 3. The minimum absolute atomic E-state index is 0.0764. The number of fused-ring (bicyclic) bond motifs is 2. The van der Waals surface area contributed by atoms with Gasteiger partial charge in [-0.05, 0) is 35.7 Å². The van der Waals surface area contributed by atoms with Crippen molar-refractivity contribution < 1.29 is 18.6 Å². The highest BCUT2D eigenvalue weighted by atomic mass is 16.7. The van der Waals surface area contributed by atoms with E-state index in [4.69, 9.17) is 18.6 Å². The van der Waals surface area contributed by atoms with Crippen molar-refractivity contribution in [1.82, 2.24) is 0 Å². The summed E-state index contributed by atoms with van der Waals surface area (Å²) < 4.78 is 21.7. The number of hydrogen-bond acceptors (Lipinski definition) is 5. The number of methoxy groups -OCH3 is 1. The zero-order valence-electron chi connectivity index (χ0n) is 13.4. The number of aryl methyl sites for hydroxylation is 1.